The summed E-state index contributed by atoms with van der Waals surface area (Å²) in [4.78, 5) is 0. The van der Waals surface area contributed by atoms with E-state index in [-0.39, 0.29) is 17.5 Å². The van der Waals surface area contributed by atoms with Crippen LogP contribution in [0, 0.1) is 19.7 Å². The van der Waals surface area contributed by atoms with Gasteiger partial charge >= 0.3 is 0 Å². The maximum atomic E-state index is 13.2. The summed E-state index contributed by atoms with van der Waals surface area (Å²) in [6, 6.07) is 10.0. The van der Waals surface area contributed by atoms with Crippen molar-refractivity contribution in [1.29, 1.82) is 0 Å². The summed E-state index contributed by atoms with van der Waals surface area (Å²) in [6.07, 6.45) is -0.779. The van der Waals surface area contributed by atoms with Gasteiger partial charge in [-0.05, 0) is 42.7 Å². The van der Waals surface area contributed by atoms with E-state index < -0.39 is 11.9 Å². The van der Waals surface area contributed by atoms with Crippen molar-refractivity contribution in [1.82, 2.24) is 0 Å². The fraction of sp³-hybridized carbons (Fsp3) is 0.294. The van der Waals surface area contributed by atoms with Gasteiger partial charge < -0.3 is 10.8 Å². The lowest BCUT2D eigenvalue weighted by Gasteiger charge is -2.24. The van der Waals surface area contributed by atoms with Gasteiger partial charge in [0.1, 0.15) is 5.82 Å². The fourth-order valence-electron chi connectivity index (χ4n) is 2.60. The second kappa shape index (κ2) is 6.56. The Morgan fingerprint density at radius 1 is 1.14 bits per heavy atom. The van der Waals surface area contributed by atoms with Crippen LogP contribution in [0.3, 0.4) is 0 Å². The molecule has 4 heteroatoms. The molecule has 0 aromatic heterocycles. The average Bonchev–Trinajstić information content (AvgIpc) is 2.41. The third-order valence-corrected chi connectivity index (χ3v) is 4.07. The lowest BCUT2D eigenvalue weighted by Crippen LogP contribution is -2.21. The van der Waals surface area contributed by atoms with E-state index in [1.54, 1.807) is 6.07 Å². The Balaban J connectivity index is 2.40. The third-order valence-electron chi connectivity index (χ3n) is 3.74. The van der Waals surface area contributed by atoms with Crippen molar-refractivity contribution in [2.75, 3.05) is 6.54 Å². The lowest BCUT2D eigenvalue weighted by atomic mass is 9.87. The van der Waals surface area contributed by atoms with Crippen LogP contribution in [0.5, 0.6) is 0 Å². The molecule has 2 rings (SSSR count). The van der Waals surface area contributed by atoms with Crippen LogP contribution >= 0.6 is 11.6 Å². The van der Waals surface area contributed by atoms with Gasteiger partial charge in [-0.25, -0.2) is 4.39 Å². The van der Waals surface area contributed by atoms with Gasteiger partial charge in [-0.3, -0.25) is 0 Å². The van der Waals surface area contributed by atoms with Crippen LogP contribution in [0.1, 0.15) is 34.3 Å². The Morgan fingerprint density at radius 2 is 1.81 bits per heavy atom. The standard InChI is InChI=1S/C17H19ClFNO/c1-10-3-5-13(11(2)7-10)17(21)15(9-20)14-6-4-12(19)8-16(14)18/h3-8,15,17,21H,9,20H2,1-2H3. The number of hydrogen-bond acceptors (Lipinski definition) is 2. The van der Waals surface area contributed by atoms with Crippen LogP contribution in [0.25, 0.3) is 0 Å². The van der Waals surface area contributed by atoms with Crippen molar-refractivity contribution in [3.63, 3.8) is 0 Å². The number of nitrogens with two attached hydrogens (primary N) is 1. The summed E-state index contributed by atoms with van der Waals surface area (Å²) in [5.41, 5.74) is 9.43. The highest BCUT2D eigenvalue weighted by Gasteiger charge is 2.24. The first-order chi connectivity index (χ1) is 9.93. The molecule has 0 saturated heterocycles. The number of aliphatic hydroxyl groups excluding tert-OH is 1. The van der Waals surface area contributed by atoms with E-state index in [1.165, 1.54) is 12.1 Å². The average molecular weight is 308 g/mol. The van der Waals surface area contributed by atoms with Crippen molar-refractivity contribution in [3.05, 3.63) is 69.5 Å². The minimum atomic E-state index is -0.779. The van der Waals surface area contributed by atoms with Gasteiger partial charge in [-0.15, -0.1) is 0 Å². The summed E-state index contributed by atoms with van der Waals surface area (Å²) in [7, 11) is 0. The van der Waals surface area contributed by atoms with E-state index in [0.29, 0.717) is 5.56 Å². The highest BCUT2D eigenvalue weighted by atomic mass is 35.5. The van der Waals surface area contributed by atoms with Crippen LogP contribution in [-0.4, -0.2) is 11.7 Å². The van der Waals surface area contributed by atoms with Crippen LogP contribution in [0.4, 0.5) is 4.39 Å². The van der Waals surface area contributed by atoms with Gasteiger partial charge in [-0.2, -0.15) is 0 Å². The maximum absolute atomic E-state index is 13.2. The minimum Gasteiger partial charge on any atom is -0.388 e. The molecule has 0 saturated carbocycles. The number of aliphatic hydroxyl groups is 1. The Morgan fingerprint density at radius 3 is 2.38 bits per heavy atom. The molecule has 0 heterocycles. The van der Waals surface area contributed by atoms with E-state index in [4.69, 9.17) is 17.3 Å². The first-order valence-corrected chi connectivity index (χ1v) is 7.22. The highest BCUT2D eigenvalue weighted by molar-refractivity contribution is 6.31. The molecule has 0 fully saturated rings. The predicted molar refractivity (Wildman–Crippen MR) is 84.1 cm³/mol. The van der Waals surface area contributed by atoms with Crippen LogP contribution in [-0.2, 0) is 0 Å². The van der Waals surface area contributed by atoms with E-state index in [1.807, 2.05) is 32.0 Å². The SMILES string of the molecule is Cc1ccc(C(O)C(CN)c2ccc(F)cc2Cl)c(C)c1. The number of aryl methyl sites for hydroxylation is 2. The molecule has 21 heavy (non-hydrogen) atoms. The number of rotatable bonds is 4. The summed E-state index contributed by atoms with van der Waals surface area (Å²) < 4.78 is 13.2. The minimum absolute atomic E-state index is 0.222. The lowest BCUT2D eigenvalue weighted by molar-refractivity contribution is 0.147. The number of benzene rings is 2. The summed E-state index contributed by atoms with van der Waals surface area (Å²) in [5, 5.41) is 11.0. The van der Waals surface area contributed by atoms with E-state index in [9.17, 15) is 9.50 Å². The summed E-state index contributed by atoms with van der Waals surface area (Å²) >= 11 is 6.09. The van der Waals surface area contributed by atoms with Gasteiger partial charge in [0, 0.05) is 17.5 Å². The smallest absolute Gasteiger partial charge is 0.124 e. The molecule has 0 aliphatic rings. The van der Waals surface area contributed by atoms with Crippen molar-refractivity contribution in [3.8, 4) is 0 Å². The predicted octanol–water partition coefficient (Wildman–Crippen LogP) is 3.87. The quantitative estimate of drug-likeness (QED) is 0.900. The zero-order valence-electron chi connectivity index (χ0n) is 12.1. The largest absolute Gasteiger partial charge is 0.388 e. The van der Waals surface area contributed by atoms with Crippen molar-refractivity contribution in [2.24, 2.45) is 5.73 Å². The zero-order valence-corrected chi connectivity index (χ0v) is 12.9. The Kier molecular flexibility index (Phi) is 4.99. The molecule has 2 unspecified atom stereocenters. The highest BCUT2D eigenvalue weighted by Crippen LogP contribution is 2.35. The Bertz CT molecular complexity index is 645. The second-order valence-corrected chi connectivity index (χ2v) is 5.72. The van der Waals surface area contributed by atoms with Gasteiger partial charge in [0.15, 0.2) is 0 Å². The Hall–Kier alpha value is -1.42. The third kappa shape index (κ3) is 3.43. The Labute approximate surface area is 129 Å². The summed E-state index contributed by atoms with van der Waals surface area (Å²) in [6.45, 7) is 4.17. The topological polar surface area (TPSA) is 46.2 Å². The molecule has 0 bridgehead atoms. The van der Waals surface area contributed by atoms with Crippen molar-refractivity contribution in [2.45, 2.75) is 25.9 Å². The number of hydrogen-bond donors (Lipinski definition) is 2. The first-order valence-electron chi connectivity index (χ1n) is 6.84. The first kappa shape index (κ1) is 16.0. The molecule has 0 spiro atoms. The molecule has 112 valence electrons. The van der Waals surface area contributed by atoms with Gasteiger partial charge in [0.05, 0.1) is 6.10 Å². The fourth-order valence-corrected chi connectivity index (χ4v) is 2.91. The van der Waals surface area contributed by atoms with Crippen LogP contribution in [0.15, 0.2) is 36.4 Å². The molecule has 0 aliphatic carbocycles. The number of halogens is 2. The van der Waals surface area contributed by atoms with Gasteiger partial charge in [-0.1, -0.05) is 41.4 Å². The molecule has 0 aliphatic heterocycles. The second-order valence-electron chi connectivity index (χ2n) is 5.31. The van der Waals surface area contributed by atoms with Gasteiger partial charge in [0.25, 0.3) is 0 Å². The van der Waals surface area contributed by atoms with E-state index in [2.05, 4.69) is 0 Å². The normalized spacial score (nSPS) is 14.0. The summed E-state index contributed by atoms with van der Waals surface area (Å²) in [5.74, 6) is -0.778. The monoisotopic (exact) mass is 307 g/mol. The molecule has 0 amide bonds. The molecule has 2 atom stereocenters. The van der Waals surface area contributed by atoms with Crippen molar-refractivity contribution < 1.29 is 9.50 Å². The molecule has 2 nitrogen and oxygen atoms in total. The van der Waals surface area contributed by atoms with Crippen molar-refractivity contribution >= 4 is 11.6 Å². The molecule has 3 N–H and O–H groups in total. The van der Waals surface area contributed by atoms with Crippen LogP contribution in [0.2, 0.25) is 5.02 Å². The maximum Gasteiger partial charge on any atom is 0.124 e. The molecule has 2 aromatic carbocycles. The molecule has 2 aromatic rings. The van der Waals surface area contributed by atoms with Crippen LogP contribution < -0.4 is 5.73 Å². The van der Waals surface area contributed by atoms with Gasteiger partial charge in [0.2, 0.25) is 0 Å². The van der Waals surface area contributed by atoms with E-state index >= 15 is 0 Å². The molecular formula is C17H19ClFNO. The van der Waals surface area contributed by atoms with E-state index in [0.717, 1.165) is 16.7 Å². The molecular weight excluding hydrogens is 289 g/mol. The molecule has 0 radical (unpaired) electrons. The zero-order chi connectivity index (χ0) is 15.6.